The molecule has 1 aromatic rings. The van der Waals surface area contributed by atoms with Crippen molar-refractivity contribution in [3.63, 3.8) is 0 Å². The lowest BCUT2D eigenvalue weighted by Gasteiger charge is -2.12. The molecule has 0 fully saturated rings. The van der Waals surface area contributed by atoms with Crippen LogP contribution in [-0.2, 0) is 4.74 Å². The molecule has 0 aliphatic heterocycles. The zero-order valence-corrected chi connectivity index (χ0v) is 8.08. The molecule has 0 aliphatic rings. The Balaban J connectivity index is 2.84. The average Bonchev–Trinajstić information content (AvgIpc) is 2.14. The Labute approximate surface area is 79.1 Å². The maximum atomic E-state index is 7.22. The van der Waals surface area contributed by atoms with Gasteiger partial charge in [-0.1, -0.05) is 29.8 Å². The van der Waals surface area contributed by atoms with Gasteiger partial charge in [0.05, 0.1) is 0 Å². The molecular formula is C11H15NO. The molecule has 0 saturated carbocycles. The fourth-order valence-corrected chi connectivity index (χ4v) is 1.27. The Hall–Kier alpha value is -1.15. The van der Waals surface area contributed by atoms with Crippen molar-refractivity contribution >= 4 is 6.21 Å². The van der Waals surface area contributed by atoms with Crippen LogP contribution in [0.25, 0.3) is 0 Å². The Kier molecular flexibility index (Phi) is 3.65. The number of hydrogen-bond donors (Lipinski definition) is 1. The normalized spacial score (nSPS) is 12.5. The minimum Gasteiger partial charge on any atom is -0.368 e. The largest absolute Gasteiger partial charge is 0.368 e. The molecule has 2 heteroatoms. The zero-order valence-electron chi connectivity index (χ0n) is 8.08. The number of aryl methyl sites for hydroxylation is 1. The van der Waals surface area contributed by atoms with Crippen molar-refractivity contribution in [1.82, 2.24) is 0 Å². The van der Waals surface area contributed by atoms with Gasteiger partial charge in [0.15, 0.2) is 0 Å². The molecule has 0 spiro atoms. The fraction of sp³-hybridized carbons (Fsp3) is 0.364. The molecule has 0 amide bonds. The number of rotatable bonds is 4. The van der Waals surface area contributed by atoms with Gasteiger partial charge in [0.25, 0.3) is 0 Å². The molecule has 0 aromatic heterocycles. The summed E-state index contributed by atoms with van der Waals surface area (Å²) in [6.07, 6.45) is 1.14. The lowest BCUT2D eigenvalue weighted by atomic mass is 10.1. The summed E-state index contributed by atoms with van der Waals surface area (Å²) in [6.45, 7) is 4.61. The number of nitrogens with one attached hydrogen (secondary N) is 1. The van der Waals surface area contributed by atoms with E-state index >= 15 is 0 Å². The van der Waals surface area contributed by atoms with E-state index in [1.165, 1.54) is 11.8 Å². The van der Waals surface area contributed by atoms with Crippen LogP contribution in [0, 0.1) is 12.3 Å². The Bertz CT molecular complexity index is 283. The standard InChI is InChI=1S/C11H15NO/c1-3-13-11(8-12)10-6-4-5-9(2)7-10/h4-8,11-12H,3H2,1-2H3. The lowest BCUT2D eigenvalue weighted by molar-refractivity contribution is 0.113. The molecule has 0 radical (unpaired) electrons. The molecule has 1 atom stereocenters. The van der Waals surface area contributed by atoms with E-state index in [9.17, 15) is 0 Å². The first-order valence-electron chi connectivity index (χ1n) is 4.46. The van der Waals surface area contributed by atoms with Crippen LogP contribution in [-0.4, -0.2) is 12.8 Å². The summed E-state index contributed by atoms with van der Waals surface area (Å²) in [5, 5.41) is 7.22. The average molecular weight is 177 g/mol. The van der Waals surface area contributed by atoms with Crippen molar-refractivity contribution in [3.05, 3.63) is 35.4 Å². The monoisotopic (exact) mass is 177 g/mol. The van der Waals surface area contributed by atoms with Crippen LogP contribution in [0.3, 0.4) is 0 Å². The van der Waals surface area contributed by atoms with Gasteiger partial charge in [-0.15, -0.1) is 0 Å². The maximum Gasteiger partial charge on any atom is 0.117 e. The molecular weight excluding hydrogens is 162 g/mol. The second-order valence-corrected chi connectivity index (χ2v) is 2.96. The van der Waals surface area contributed by atoms with Crippen LogP contribution in [0.15, 0.2) is 24.3 Å². The van der Waals surface area contributed by atoms with E-state index in [2.05, 4.69) is 0 Å². The van der Waals surface area contributed by atoms with Crippen molar-refractivity contribution in [2.24, 2.45) is 0 Å². The van der Waals surface area contributed by atoms with Gasteiger partial charge >= 0.3 is 0 Å². The Morgan fingerprint density at radius 1 is 1.54 bits per heavy atom. The van der Waals surface area contributed by atoms with Crippen LogP contribution in [0.1, 0.15) is 24.2 Å². The predicted molar refractivity (Wildman–Crippen MR) is 54.3 cm³/mol. The van der Waals surface area contributed by atoms with E-state index in [1.807, 2.05) is 38.1 Å². The highest BCUT2D eigenvalue weighted by Gasteiger charge is 2.06. The summed E-state index contributed by atoms with van der Waals surface area (Å²) in [6, 6.07) is 8.06. The highest BCUT2D eigenvalue weighted by Crippen LogP contribution is 2.15. The summed E-state index contributed by atoms with van der Waals surface area (Å²) >= 11 is 0. The van der Waals surface area contributed by atoms with Gasteiger partial charge in [-0.25, -0.2) is 0 Å². The quantitative estimate of drug-likeness (QED) is 0.705. The second kappa shape index (κ2) is 4.77. The number of ether oxygens (including phenoxy) is 1. The van der Waals surface area contributed by atoms with Gasteiger partial charge in [0.2, 0.25) is 0 Å². The van der Waals surface area contributed by atoms with Crippen LogP contribution in [0.5, 0.6) is 0 Å². The van der Waals surface area contributed by atoms with Crippen LogP contribution in [0.2, 0.25) is 0 Å². The highest BCUT2D eigenvalue weighted by atomic mass is 16.5. The fourth-order valence-electron chi connectivity index (χ4n) is 1.27. The highest BCUT2D eigenvalue weighted by molar-refractivity contribution is 5.62. The topological polar surface area (TPSA) is 33.1 Å². The first-order valence-corrected chi connectivity index (χ1v) is 4.46. The summed E-state index contributed by atoms with van der Waals surface area (Å²) in [7, 11) is 0. The van der Waals surface area contributed by atoms with Gasteiger partial charge in [-0.3, -0.25) is 0 Å². The Morgan fingerprint density at radius 3 is 2.85 bits per heavy atom. The summed E-state index contributed by atoms with van der Waals surface area (Å²) in [5.74, 6) is 0. The van der Waals surface area contributed by atoms with Crippen molar-refractivity contribution in [3.8, 4) is 0 Å². The molecule has 1 N–H and O–H groups in total. The zero-order chi connectivity index (χ0) is 9.68. The minimum atomic E-state index is -0.190. The molecule has 70 valence electrons. The molecule has 0 bridgehead atoms. The van der Waals surface area contributed by atoms with Crippen molar-refractivity contribution in [1.29, 1.82) is 5.41 Å². The third-order valence-corrected chi connectivity index (χ3v) is 1.87. The van der Waals surface area contributed by atoms with E-state index in [-0.39, 0.29) is 6.10 Å². The maximum absolute atomic E-state index is 7.22. The van der Waals surface area contributed by atoms with Gasteiger partial charge < -0.3 is 10.1 Å². The minimum absolute atomic E-state index is 0.190. The molecule has 1 aromatic carbocycles. The molecule has 0 saturated heterocycles. The molecule has 2 nitrogen and oxygen atoms in total. The molecule has 13 heavy (non-hydrogen) atoms. The summed E-state index contributed by atoms with van der Waals surface area (Å²) in [5.41, 5.74) is 2.25. The van der Waals surface area contributed by atoms with E-state index < -0.39 is 0 Å². The van der Waals surface area contributed by atoms with Gasteiger partial charge in [-0.05, 0) is 19.4 Å². The number of benzene rings is 1. The van der Waals surface area contributed by atoms with Crippen molar-refractivity contribution < 1.29 is 4.74 Å². The first kappa shape index (κ1) is 9.93. The van der Waals surface area contributed by atoms with Crippen LogP contribution in [0.4, 0.5) is 0 Å². The predicted octanol–water partition coefficient (Wildman–Crippen LogP) is 2.72. The van der Waals surface area contributed by atoms with Gasteiger partial charge in [0.1, 0.15) is 6.10 Å². The number of hydrogen-bond acceptors (Lipinski definition) is 2. The van der Waals surface area contributed by atoms with E-state index in [0.29, 0.717) is 6.61 Å². The second-order valence-electron chi connectivity index (χ2n) is 2.96. The lowest BCUT2D eigenvalue weighted by Crippen LogP contribution is -2.04. The van der Waals surface area contributed by atoms with Crippen LogP contribution < -0.4 is 0 Å². The smallest absolute Gasteiger partial charge is 0.117 e. The van der Waals surface area contributed by atoms with Gasteiger partial charge in [0, 0.05) is 12.8 Å². The first-order chi connectivity index (χ1) is 6.27. The summed E-state index contributed by atoms with van der Waals surface area (Å²) < 4.78 is 5.39. The van der Waals surface area contributed by atoms with Crippen molar-refractivity contribution in [2.75, 3.05) is 6.61 Å². The SMILES string of the molecule is CCOC(C=N)c1cccc(C)c1. The Morgan fingerprint density at radius 2 is 2.31 bits per heavy atom. The summed E-state index contributed by atoms with van der Waals surface area (Å²) in [4.78, 5) is 0. The third-order valence-electron chi connectivity index (χ3n) is 1.87. The third kappa shape index (κ3) is 2.67. The van der Waals surface area contributed by atoms with E-state index in [0.717, 1.165) is 5.56 Å². The molecule has 1 unspecified atom stereocenters. The van der Waals surface area contributed by atoms with Gasteiger partial charge in [-0.2, -0.15) is 0 Å². The molecule has 0 aliphatic carbocycles. The van der Waals surface area contributed by atoms with Crippen molar-refractivity contribution in [2.45, 2.75) is 20.0 Å². The molecule has 0 heterocycles. The van der Waals surface area contributed by atoms with E-state index in [1.54, 1.807) is 0 Å². The molecule has 1 rings (SSSR count). The van der Waals surface area contributed by atoms with E-state index in [4.69, 9.17) is 10.1 Å². The van der Waals surface area contributed by atoms with Crippen LogP contribution >= 0.6 is 0 Å².